The highest BCUT2D eigenvalue weighted by Crippen LogP contribution is 2.29. The molecule has 0 bridgehead atoms. The molecule has 160 valence electrons. The average Bonchev–Trinajstić information content (AvgIpc) is 3.05. The van der Waals surface area contributed by atoms with Crippen molar-refractivity contribution < 1.29 is 35.2 Å². The number of H-pyrrole nitrogens is 1. The van der Waals surface area contributed by atoms with Gasteiger partial charge in [0.25, 0.3) is 0 Å². The minimum Gasteiger partial charge on any atom is -0.345 e. The molecule has 30 heavy (non-hydrogen) atoms. The number of nitrogens with one attached hydrogen (secondary N) is 2. The van der Waals surface area contributed by atoms with Gasteiger partial charge in [0.15, 0.2) is 5.82 Å². The largest absolute Gasteiger partial charge is 0.390 e. The van der Waals surface area contributed by atoms with Crippen LogP contribution in [0.3, 0.4) is 0 Å². The van der Waals surface area contributed by atoms with Gasteiger partial charge in [0.1, 0.15) is 11.5 Å². The normalized spacial score (nSPS) is 12.3. The summed E-state index contributed by atoms with van der Waals surface area (Å²) in [6.07, 6.45) is -3.98. The van der Waals surface area contributed by atoms with Crippen LogP contribution in [-0.2, 0) is 10.0 Å². The van der Waals surface area contributed by atoms with Crippen LogP contribution in [0.2, 0.25) is 5.02 Å². The summed E-state index contributed by atoms with van der Waals surface area (Å²) in [5, 5.41) is 0.325. The summed E-state index contributed by atoms with van der Waals surface area (Å²) in [7, 11) is -4.62. The molecule has 0 saturated heterocycles. The quantitative estimate of drug-likeness (QED) is 0.414. The van der Waals surface area contributed by atoms with Gasteiger partial charge in [-0.2, -0.15) is 13.2 Å². The molecule has 0 fully saturated rings. The zero-order valence-electron chi connectivity index (χ0n) is 14.6. The van der Waals surface area contributed by atoms with Crippen molar-refractivity contribution in [2.24, 2.45) is 0 Å². The maximum atomic E-state index is 14.8. The Labute approximate surface area is 171 Å². The number of nitrogens with zero attached hydrogens (tertiary/aromatic N) is 1. The third kappa shape index (κ3) is 4.70. The fourth-order valence-corrected chi connectivity index (χ4v) is 3.86. The maximum absolute atomic E-state index is 14.8. The predicted molar refractivity (Wildman–Crippen MR) is 99.0 cm³/mol. The number of carbonyl (C=O) groups excluding carboxylic acids is 1. The summed E-state index contributed by atoms with van der Waals surface area (Å²) in [6.45, 7) is 0. The summed E-state index contributed by atoms with van der Waals surface area (Å²) >= 11 is 5.83. The number of aromatic nitrogens is 2. The summed E-state index contributed by atoms with van der Waals surface area (Å²) in [5.41, 5.74) is -1.92. The Morgan fingerprint density at radius 3 is 2.60 bits per heavy atom. The molecule has 1 aromatic carbocycles. The third-order valence-corrected chi connectivity index (χ3v) is 5.46. The van der Waals surface area contributed by atoms with Crippen molar-refractivity contribution >= 4 is 44.1 Å². The first-order valence-electron chi connectivity index (χ1n) is 8.10. The first-order valence-corrected chi connectivity index (χ1v) is 10.1. The van der Waals surface area contributed by atoms with Crippen LogP contribution >= 0.6 is 11.6 Å². The topological polar surface area (TPSA) is 91.9 Å². The summed E-state index contributed by atoms with van der Waals surface area (Å²) in [5.74, 6) is -5.37. The Bertz CT molecular complexity index is 1240. The second-order valence-corrected chi connectivity index (χ2v) is 8.43. The standard InChI is InChI=1S/C17H11ClF5N3O3S/c18-8-5-9-10(7-25-16(9)24-6-8)15(27)13-11(19)1-2-12(14(13)20)26-30(28,29)4-3-17(21,22)23/h1-2,5-7,26H,3-4H2,(H,24,25). The van der Waals surface area contributed by atoms with Gasteiger partial charge in [-0.15, -0.1) is 0 Å². The zero-order chi connectivity index (χ0) is 22.3. The van der Waals surface area contributed by atoms with Crippen molar-refractivity contribution in [2.75, 3.05) is 10.5 Å². The first kappa shape index (κ1) is 22.0. The van der Waals surface area contributed by atoms with Crippen LogP contribution in [0.1, 0.15) is 22.3 Å². The Morgan fingerprint density at radius 1 is 1.23 bits per heavy atom. The first-order chi connectivity index (χ1) is 13.9. The van der Waals surface area contributed by atoms with Crippen molar-refractivity contribution in [2.45, 2.75) is 12.6 Å². The Hall–Kier alpha value is -2.73. The molecule has 0 aliphatic heterocycles. The van der Waals surface area contributed by atoms with Gasteiger partial charge in [-0.3, -0.25) is 9.52 Å². The van der Waals surface area contributed by atoms with E-state index in [0.29, 0.717) is 12.1 Å². The van der Waals surface area contributed by atoms with Crippen molar-refractivity contribution in [1.82, 2.24) is 9.97 Å². The van der Waals surface area contributed by atoms with Crippen LogP contribution in [0.4, 0.5) is 27.6 Å². The lowest BCUT2D eigenvalue weighted by molar-refractivity contribution is -0.129. The maximum Gasteiger partial charge on any atom is 0.390 e. The third-order valence-electron chi connectivity index (χ3n) is 3.98. The van der Waals surface area contributed by atoms with Crippen molar-refractivity contribution in [3.05, 3.63) is 58.4 Å². The number of fused-ring (bicyclic) bond motifs is 1. The van der Waals surface area contributed by atoms with Crippen LogP contribution < -0.4 is 4.72 Å². The number of ketones is 1. The van der Waals surface area contributed by atoms with E-state index in [1.54, 1.807) is 4.72 Å². The second kappa shape index (κ2) is 7.84. The van der Waals surface area contributed by atoms with Crippen LogP contribution in [0, 0.1) is 11.6 Å². The lowest BCUT2D eigenvalue weighted by Crippen LogP contribution is -2.23. The van der Waals surface area contributed by atoms with Crippen LogP contribution in [0.25, 0.3) is 11.0 Å². The van der Waals surface area contributed by atoms with E-state index >= 15 is 0 Å². The Balaban J connectivity index is 1.98. The van der Waals surface area contributed by atoms with Gasteiger partial charge in [0.2, 0.25) is 15.8 Å². The summed E-state index contributed by atoms with van der Waals surface area (Å²) in [6, 6.07) is 2.63. The van der Waals surface area contributed by atoms with Gasteiger partial charge in [-0.1, -0.05) is 11.6 Å². The van der Waals surface area contributed by atoms with Crippen molar-refractivity contribution in [1.29, 1.82) is 0 Å². The van der Waals surface area contributed by atoms with Crippen LogP contribution in [0.15, 0.2) is 30.6 Å². The Kier molecular flexibility index (Phi) is 5.74. The fraction of sp³-hybridized carbons (Fsp3) is 0.176. The van der Waals surface area contributed by atoms with E-state index in [-0.39, 0.29) is 21.6 Å². The Morgan fingerprint density at radius 2 is 1.93 bits per heavy atom. The molecule has 13 heteroatoms. The second-order valence-electron chi connectivity index (χ2n) is 6.15. The zero-order valence-corrected chi connectivity index (χ0v) is 16.2. The highest BCUT2D eigenvalue weighted by atomic mass is 35.5. The predicted octanol–water partition coefficient (Wildman–Crippen LogP) is 4.42. The number of pyridine rings is 1. The smallest absolute Gasteiger partial charge is 0.345 e. The van der Waals surface area contributed by atoms with E-state index in [4.69, 9.17) is 11.6 Å². The monoisotopic (exact) mass is 467 g/mol. The van der Waals surface area contributed by atoms with E-state index in [0.717, 1.165) is 6.20 Å². The fourth-order valence-electron chi connectivity index (χ4n) is 2.61. The lowest BCUT2D eigenvalue weighted by Gasteiger charge is -2.12. The molecule has 2 heterocycles. The molecule has 2 N–H and O–H groups in total. The average molecular weight is 468 g/mol. The molecule has 0 radical (unpaired) electrons. The lowest BCUT2D eigenvalue weighted by atomic mass is 10.0. The summed E-state index contributed by atoms with van der Waals surface area (Å²) < 4.78 is 91.1. The van der Waals surface area contributed by atoms with Gasteiger partial charge < -0.3 is 4.98 Å². The van der Waals surface area contributed by atoms with Gasteiger partial charge >= 0.3 is 6.18 Å². The molecule has 0 saturated carbocycles. The number of anilines is 1. The number of benzene rings is 1. The number of carbonyl (C=O) groups is 1. The van der Waals surface area contributed by atoms with Gasteiger partial charge in [0.05, 0.1) is 28.4 Å². The highest BCUT2D eigenvalue weighted by molar-refractivity contribution is 7.92. The molecule has 6 nitrogen and oxygen atoms in total. The van der Waals surface area contributed by atoms with Crippen LogP contribution in [0.5, 0.6) is 0 Å². The number of halogens is 6. The number of aromatic amines is 1. The molecule has 3 aromatic rings. The molecule has 0 aliphatic carbocycles. The van der Waals surface area contributed by atoms with Gasteiger partial charge in [-0.25, -0.2) is 22.2 Å². The van der Waals surface area contributed by atoms with Gasteiger partial charge in [0, 0.05) is 23.3 Å². The number of alkyl halides is 3. The molecule has 0 aliphatic rings. The number of sulfonamides is 1. The minimum atomic E-state index is -4.75. The SMILES string of the molecule is O=C(c1c(F)ccc(NS(=O)(=O)CCC(F)(F)F)c1F)c1c[nH]c2ncc(Cl)cc12. The molecule has 3 rings (SSSR count). The highest BCUT2D eigenvalue weighted by Gasteiger charge is 2.31. The van der Waals surface area contributed by atoms with Gasteiger partial charge in [-0.05, 0) is 18.2 Å². The van der Waals surface area contributed by atoms with Crippen molar-refractivity contribution in [3.8, 4) is 0 Å². The van der Waals surface area contributed by atoms with Crippen LogP contribution in [-0.4, -0.2) is 36.1 Å². The minimum absolute atomic E-state index is 0.156. The molecule has 0 unspecified atom stereocenters. The molecule has 0 atom stereocenters. The number of hydrogen-bond acceptors (Lipinski definition) is 4. The summed E-state index contributed by atoms with van der Waals surface area (Å²) in [4.78, 5) is 19.3. The molecular formula is C17H11ClF5N3O3S. The van der Waals surface area contributed by atoms with E-state index in [2.05, 4.69) is 9.97 Å². The molecular weight excluding hydrogens is 457 g/mol. The molecule has 2 aromatic heterocycles. The van der Waals surface area contributed by atoms with Crippen molar-refractivity contribution in [3.63, 3.8) is 0 Å². The van der Waals surface area contributed by atoms with E-state index in [1.165, 1.54) is 12.3 Å². The van der Waals surface area contributed by atoms with E-state index < -0.39 is 57.0 Å². The number of hydrogen-bond donors (Lipinski definition) is 2. The van der Waals surface area contributed by atoms with E-state index in [1.807, 2.05) is 0 Å². The van der Waals surface area contributed by atoms with E-state index in [9.17, 15) is 35.2 Å². The molecule has 0 amide bonds. The molecule has 0 spiro atoms. The number of rotatable bonds is 6.